The van der Waals surface area contributed by atoms with Gasteiger partial charge < -0.3 is 10.5 Å². The second-order valence-corrected chi connectivity index (χ2v) is 4.43. The molecule has 5 nitrogen and oxygen atoms in total. The van der Waals surface area contributed by atoms with E-state index in [2.05, 4.69) is 0 Å². The minimum absolute atomic E-state index is 0.208. The van der Waals surface area contributed by atoms with Crippen molar-refractivity contribution in [3.8, 4) is 0 Å². The molecular weight excluding hydrogens is 220 g/mol. The van der Waals surface area contributed by atoms with Crippen molar-refractivity contribution >= 4 is 11.9 Å². The molecule has 17 heavy (non-hydrogen) atoms. The summed E-state index contributed by atoms with van der Waals surface area (Å²) in [5.74, 6) is -0.541. The highest BCUT2D eigenvalue weighted by Gasteiger charge is 2.24. The summed E-state index contributed by atoms with van der Waals surface area (Å²) >= 11 is 0. The van der Waals surface area contributed by atoms with Crippen LogP contribution in [0.1, 0.15) is 39.0 Å². The van der Waals surface area contributed by atoms with E-state index in [0.717, 1.165) is 12.8 Å². The smallest absolute Gasteiger partial charge is 0.307 e. The van der Waals surface area contributed by atoms with Gasteiger partial charge in [0.15, 0.2) is 0 Å². The van der Waals surface area contributed by atoms with Gasteiger partial charge in [0.2, 0.25) is 5.91 Å². The van der Waals surface area contributed by atoms with E-state index in [1.807, 2.05) is 4.90 Å². The van der Waals surface area contributed by atoms with Gasteiger partial charge in [0.1, 0.15) is 0 Å². The van der Waals surface area contributed by atoms with Crippen LogP contribution in [0.5, 0.6) is 0 Å². The third-order valence-electron chi connectivity index (χ3n) is 3.11. The molecule has 1 amide bonds. The highest BCUT2D eigenvalue weighted by Crippen LogP contribution is 2.23. The normalized spacial score (nSPS) is 16.4. The molecule has 0 radical (unpaired) electrons. The second-order valence-electron chi connectivity index (χ2n) is 4.43. The maximum atomic E-state index is 11.3. The van der Waals surface area contributed by atoms with E-state index in [-0.39, 0.29) is 18.4 Å². The molecule has 0 aromatic heterocycles. The number of hydrogen-bond donors (Lipinski definition) is 1. The Balaban J connectivity index is 2.39. The van der Waals surface area contributed by atoms with Crippen molar-refractivity contribution in [2.45, 2.75) is 45.1 Å². The van der Waals surface area contributed by atoms with E-state index < -0.39 is 0 Å². The third-order valence-corrected chi connectivity index (χ3v) is 3.11. The predicted molar refractivity (Wildman–Crippen MR) is 64.3 cm³/mol. The van der Waals surface area contributed by atoms with Gasteiger partial charge in [0, 0.05) is 12.6 Å². The monoisotopic (exact) mass is 242 g/mol. The van der Waals surface area contributed by atoms with Gasteiger partial charge in [-0.2, -0.15) is 0 Å². The Morgan fingerprint density at radius 2 is 2.00 bits per heavy atom. The Morgan fingerprint density at radius 1 is 1.35 bits per heavy atom. The summed E-state index contributed by atoms with van der Waals surface area (Å²) in [6, 6.07) is 0.400. The number of ether oxygens (including phenoxy) is 1. The largest absolute Gasteiger partial charge is 0.466 e. The van der Waals surface area contributed by atoms with Crippen LogP contribution in [0.4, 0.5) is 0 Å². The molecule has 0 atom stereocenters. The summed E-state index contributed by atoms with van der Waals surface area (Å²) in [5, 5.41) is 0. The summed E-state index contributed by atoms with van der Waals surface area (Å²) in [5.41, 5.74) is 5.23. The standard InChI is InChI=1S/C12H22N2O3/c1-2-17-12(16)7-8-14(9-11(13)15)10-5-3-4-6-10/h10H,2-9H2,1H3,(H2,13,15). The topological polar surface area (TPSA) is 72.6 Å². The lowest BCUT2D eigenvalue weighted by atomic mass is 10.2. The van der Waals surface area contributed by atoms with Crippen molar-refractivity contribution in [2.24, 2.45) is 5.73 Å². The fraction of sp³-hybridized carbons (Fsp3) is 0.833. The minimum atomic E-state index is -0.333. The van der Waals surface area contributed by atoms with Gasteiger partial charge in [-0.25, -0.2) is 0 Å². The maximum absolute atomic E-state index is 11.3. The van der Waals surface area contributed by atoms with Gasteiger partial charge in [0.25, 0.3) is 0 Å². The number of rotatable bonds is 7. The van der Waals surface area contributed by atoms with Crippen molar-refractivity contribution in [2.75, 3.05) is 19.7 Å². The molecule has 98 valence electrons. The van der Waals surface area contributed by atoms with Crippen molar-refractivity contribution in [1.82, 2.24) is 4.90 Å². The third kappa shape index (κ3) is 5.17. The number of nitrogens with zero attached hydrogens (tertiary/aromatic N) is 1. The van der Waals surface area contributed by atoms with Crippen molar-refractivity contribution in [1.29, 1.82) is 0 Å². The minimum Gasteiger partial charge on any atom is -0.466 e. The van der Waals surface area contributed by atoms with Crippen LogP contribution >= 0.6 is 0 Å². The average Bonchev–Trinajstić information content (AvgIpc) is 2.77. The number of hydrogen-bond acceptors (Lipinski definition) is 4. The van der Waals surface area contributed by atoms with Crippen LogP contribution in [0, 0.1) is 0 Å². The van der Waals surface area contributed by atoms with E-state index in [0.29, 0.717) is 25.6 Å². The van der Waals surface area contributed by atoms with Crippen LogP contribution in [-0.4, -0.2) is 42.5 Å². The number of esters is 1. The summed E-state index contributed by atoms with van der Waals surface area (Å²) in [7, 11) is 0. The molecule has 1 saturated carbocycles. The molecule has 0 bridgehead atoms. The zero-order valence-corrected chi connectivity index (χ0v) is 10.5. The first kappa shape index (κ1) is 14.0. The van der Waals surface area contributed by atoms with E-state index in [4.69, 9.17) is 10.5 Å². The Bertz CT molecular complexity index is 262. The molecule has 1 aliphatic carbocycles. The summed E-state index contributed by atoms with van der Waals surface area (Å²) in [6.07, 6.45) is 4.91. The van der Waals surface area contributed by atoms with E-state index in [1.165, 1.54) is 12.8 Å². The molecule has 0 aliphatic heterocycles. The first-order chi connectivity index (χ1) is 8.13. The fourth-order valence-corrected chi connectivity index (χ4v) is 2.33. The van der Waals surface area contributed by atoms with Crippen LogP contribution < -0.4 is 5.73 Å². The van der Waals surface area contributed by atoms with E-state index >= 15 is 0 Å². The molecule has 1 fully saturated rings. The van der Waals surface area contributed by atoms with Crippen LogP contribution in [0.2, 0.25) is 0 Å². The van der Waals surface area contributed by atoms with Crippen LogP contribution in [0.3, 0.4) is 0 Å². The molecule has 0 spiro atoms. The van der Waals surface area contributed by atoms with Gasteiger partial charge in [0.05, 0.1) is 19.6 Å². The lowest BCUT2D eigenvalue weighted by Gasteiger charge is -2.26. The zero-order valence-electron chi connectivity index (χ0n) is 10.5. The van der Waals surface area contributed by atoms with Gasteiger partial charge in [-0.3, -0.25) is 14.5 Å². The number of amides is 1. The summed E-state index contributed by atoms with van der Waals surface area (Å²) in [4.78, 5) is 24.3. The average molecular weight is 242 g/mol. The Morgan fingerprint density at radius 3 is 2.53 bits per heavy atom. The lowest BCUT2D eigenvalue weighted by Crippen LogP contribution is -2.41. The van der Waals surface area contributed by atoms with Gasteiger partial charge in [-0.05, 0) is 19.8 Å². The van der Waals surface area contributed by atoms with Crippen molar-refractivity contribution < 1.29 is 14.3 Å². The molecule has 2 N–H and O–H groups in total. The first-order valence-electron chi connectivity index (χ1n) is 6.31. The fourth-order valence-electron chi connectivity index (χ4n) is 2.33. The Hall–Kier alpha value is -1.10. The highest BCUT2D eigenvalue weighted by molar-refractivity contribution is 5.76. The zero-order chi connectivity index (χ0) is 12.7. The number of carbonyl (C=O) groups is 2. The quantitative estimate of drug-likeness (QED) is 0.666. The molecule has 5 heteroatoms. The van der Waals surface area contributed by atoms with Crippen LogP contribution in [0.25, 0.3) is 0 Å². The molecule has 0 unspecified atom stereocenters. The van der Waals surface area contributed by atoms with E-state index in [1.54, 1.807) is 6.92 Å². The molecule has 0 aromatic carbocycles. The molecule has 1 rings (SSSR count). The molecule has 0 aromatic rings. The van der Waals surface area contributed by atoms with Crippen molar-refractivity contribution in [3.63, 3.8) is 0 Å². The summed E-state index contributed by atoms with van der Waals surface area (Å²) in [6.45, 7) is 2.99. The van der Waals surface area contributed by atoms with E-state index in [9.17, 15) is 9.59 Å². The highest BCUT2D eigenvalue weighted by atomic mass is 16.5. The molecule has 0 heterocycles. The lowest BCUT2D eigenvalue weighted by molar-refractivity contribution is -0.143. The summed E-state index contributed by atoms with van der Waals surface area (Å²) < 4.78 is 4.88. The van der Waals surface area contributed by atoms with Crippen LogP contribution in [-0.2, 0) is 14.3 Å². The molecular formula is C12H22N2O3. The van der Waals surface area contributed by atoms with Gasteiger partial charge in [-0.1, -0.05) is 12.8 Å². The predicted octanol–water partition coefficient (Wildman–Crippen LogP) is 0.669. The number of carbonyl (C=O) groups excluding carboxylic acids is 2. The Kier molecular flexibility index (Phi) is 5.97. The van der Waals surface area contributed by atoms with Crippen LogP contribution in [0.15, 0.2) is 0 Å². The Labute approximate surface area is 102 Å². The first-order valence-corrected chi connectivity index (χ1v) is 6.31. The molecule has 0 saturated heterocycles. The number of primary amides is 1. The SMILES string of the molecule is CCOC(=O)CCN(CC(N)=O)C1CCCC1. The maximum Gasteiger partial charge on any atom is 0.307 e. The van der Waals surface area contributed by atoms with Gasteiger partial charge >= 0.3 is 5.97 Å². The van der Waals surface area contributed by atoms with Crippen molar-refractivity contribution in [3.05, 3.63) is 0 Å². The molecule has 1 aliphatic rings. The second kappa shape index (κ2) is 7.27. The number of nitrogens with two attached hydrogens (primary N) is 1. The van der Waals surface area contributed by atoms with Gasteiger partial charge in [-0.15, -0.1) is 0 Å².